The van der Waals surface area contributed by atoms with E-state index in [1.807, 2.05) is 0 Å². The number of hydrogen-bond donors (Lipinski definition) is 1. The molecule has 0 radical (unpaired) electrons. The van der Waals surface area contributed by atoms with Gasteiger partial charge in [0.15, 0.2) is 5.65 Å². The molecule has 0 aliphatic heterocycles. The maximum Gasteiger partial charge on any atom is 0.264 e. The second-order valence-corrected chi connectivity index (χ2v) is 5.42. The fourth-order valence-electron chi connectivity index (χ4n) is 2.96. The Morgan fingerprint density at radius 2 is 2.21 bits per heavy atom. The predicted molar refractivity (Wildman–Crippen MR) is 72.7 cm³/mol. The van der Waals surface area contributed by atoms with E-state index in [0.717, 1.165) is 0 Å². The monoisotopic (exact) mass is 261 g/mol. The molecule has 0 bridgehead atoms. The average Bonchev–Trinajstić information content (AvgIpc) is 3.03. The lowest BCUT2D eigenvalue weighted by Crippen LogP contribution is -2.36. The molecule has 3 rings (SSSR count). The van der Waals surface area contributed by atoms with Crippen molar-refractivity contribution in [2.45, 2.75) is 38.3 Å². The van der Waals surface area contributed by atoms with Crippen LogP contribution < -0.4 is 11.3 Å². The number of fused-ring (bicyclic) bond motifs is 1. The fraction of sp³-hybridized carbons (Fsp3) is 0.615. The molecule has 1 saturated carbocycles. The summed E-state index contributed by atoms with van der Waals surface area (Å²) in [5.74, 6) is 0.538. The Kier molecular flexibility index (Phi) is 3.10. The smallest absolute Gasteiger partial charge is 0.264 e. The average molecular weight is 261 g/mol. The van der Waals surface area contributed by atoms with E-state index in [-0.39, 0.29) is 11.6 Å². The predicted octanol–water partition coefficient (Wildman–Crippen LogP) is 0.647. The Bertz CT molecular complexity index is 638. The van der Waals surface area contributed by atoms with Crippen LogP contribution in [0.15, 0.2) is 17.3 Å². The molecule has 1 aliphatic carbocycles. The minimum Gasteiger partial charge on any atom is -0.326 e. The van der Waals surface area contributed by atoms with Gasteiger partial charge in [-0.1, -0.05) is 12.8 Å². The molecule has 102 valence electrons. The first-order chi connectivity index (χ1) is 9.16. The van der Waals surface area contributed by atoms with E-state index in [2.05, 4.69) is 10.1 Å². The SMILES string of the molecule is Cn1ncc2c(=O)n(CC(N)C3CCCC3)cnc21. The van der Waals surface area contributed by atoms with Crippen molar-refractivity contribution < 1.29 is 0 Å². The molecule has 19 heavy (non-hydrogen) atoms. The summed E-state index contributed by atoms with van der Waals surface area (Å²) in [6.45, 7) is 0.543. The molecule has 0 amide bonds. The molecular formula is C13H19N5O. The van der Waals surface area contributed by atoms with Gasteiger partial charge >= 0.3 is 0 Å². The summed E-state index contributed by atoms with van der Waals surface area (Å²) in [6, 6.07) is 0.0381. The highest BCUT2D eigenvalue weighted by Crippen LogP contribution is 2.27. The maximum absolute atomic E-state index is 12.3. The highest BCUT2D eigenvalue weighted by molar-refractivity contribution is 5.72. The zero-order valence-corrected chi connectivity index (χ0v) is 11.1. The Morgan fingerprint density at radius 3 is 2.95 bits per heavy atom. The number of rotatable bonds is 3. The topological polar surface area (TPSA) is 78.7 Å². The van der Waals surface area contributed by atoms with Crippen LogP contribution >= 0.6 is 0 Å². The van der Waals surface area contributed by atoms with Crippen molar-refractivity contribution in [1.82, 2.24) is 19.3 Å². The molecule has 6 nitrogen and oxygen atoms in total. The second kappa shape index (κ2) is 4.77. The van der Waals surface area contributed by atoms with Crippen molar-refractivity contribution >= 4 is 11.0 Å². The first kappa shape index (κ1) is 12.3. The maximum atomic E-state index is 12.3. The molecule has 1 aliphatic rings. The van der Waals surface area contributed by atoms with Gasteiger partial charge in [0.25, 0.3) is 5.56 Å². The number of aryl methyl sites for hydroxylation is 1. The second-order valence-electron chi connectivity index (χ2n) is 5.42. The Hall–Kier alpha value is -1.69. The summed E-state index contributed by atoms with van der Waals surface area (Å²) in [6.07, 6.45) is 8.03. The van der Waals surface area contributed by atoms with Gasteiger partial charge in [-0.3, -0.25) is 14.0 Å². The number of hydrogen-bond acceptors (Lipinski definition) is 4. The van der Waals surface area contributed by atoms with E-state index in [4.69, 9.17) is 5.73 Å². The van der Waals surface area contributed by atoms with Crippen molar-refractivity contribution in [2.24, 2.45) is 18.7 Å². The normalized spacial score (nSPS) is 18.2. The molecule has 0 spiro atoms. The van der Waals surface area contributed by atoms with E-state index in [9.17, 15) is 4.79 Å². The van der Waals surface area contributed by atoms with Crippen molar-refractivity contribution in [3.63, 3.8) is 0 Å². The zero-order chi connectivity index (χ0) is 13.4. The van der Waals surface area contributed by atoms with Crippen LogP contribution in [0.25, 0.3) is 11.0 Å². The van der Waals surface area contributed by atoms with Crippen LogP contribution in [0.4, 0.5) is 0 Å². The van der Waals surface area contributed by atoms with Gasteiger partial charge in [-0.25, -0.2) is 4.98 Å². The van der Waals surface area contributed by atoms with E-state index >= 15 is 0 Å². The standard InChI is InChI=1S/C13H19N5O/c1-17-12-10(6-16-17)13(19)18(8-15-12)7-11(14)9-4-2-3-5-9/h6,8-9,11H,2-5,7,14H2,1H3. The van der Waals surface area contributed by atoms with Gasteiger partial charge in [0.2, 0.25) is 0 Å². The largest absolute Gasteiger partial charge is 0.326 e. The first-order valence-corrected chi connectivity index (χ1v) is 6.79. The van der Waals surface area contributed by atoms with Gasteiger partial charge in [-0.2, -0.15) is 5.10 Å². The highest BCUT2D eigenvalue weighted by Gasteiger charge is 2.22. The van der Waals surface area contributed by atoms with Crippen LogP contribution in [0.2, 0.25) is 0 Å². The van der Waals surface area contributed by atoms with Gasteiger partial charge in [-0.15, -0.1) is 0 Å². The van der Waals surface area contributed by atoms with E-state index in [1.54, 1.807) is 28.8 Å². The molecule has 2 heterocycles. The third-order valence-corrected chi connectivity index (χ3v) is 4.13. The van der Waals surface area contributed by atoms with Crippen molar-refractivity contribution in [1.29, 1.82) is 0 Å². The molecule has 2 N–H and O–H groups in total. The molecule has 2 aromatic heterocycles. The molecular weight excluding hydrogens is 242 g/mol. The van der Waals surface area contributed by atoms with Crippen molar-refractivity contribution in [3.8, 4) is 0 Å². The van der Waals surface area contributed by atoms with Gasteiger partial charge in [0.1, 0.15) is 11.7 Å². The molecule has 2 aromatic rings. The molecule has 1 atom stereocenters. The number of aromatic nitrogens is 4. The third kappa shape index (κ3) is 2.16. The molecule has 0 saturated heterocycles. The Labute approximate surface area is 111 Å². The lowest BCUT2D eigenvalue weighted by atomic mass is 9.99. The summed E-state index contributed by atoms with van der Waals surface area (Å²) in [5.41, 5.74) is 6.79. The van der Waals surface area contributed by atoms with Crippen LogP contribution in [0.5, 0.6) is 0 Å². The Balaban J connectivity index is 1.88. The summed E-state index contributed by atoms with van der Waals surface area (Å²) in [4.78, 5) is 16.6. The van der Waals surface area contributed by atoms with E-state index in [0.29, 0.717) is 23.5 Å². The van der Waals surface area contributed by atoms with E-state index in [1.165, 1.54) is 25.7 Å². The van der Waals surface area contributed by atoms with Crippen LogP contribution in [0.3, 0.4) is 0 Å². The zero-order valence-electron chi connectivity index (χ0n) is 11.1. The van der Waals surface area contributed by atoms with Crippen molar-refractivity contribution in [2.75, 3.05) is 0 Å². The van der Waals surface area contributed by atoms with E-state index < -0.39 is 0 Å². The third-order valence-electron chi connectivity index (χ3n) is 4.13. The summed E-state index contributed by atoms with van der Waals surface area (Å²) in [5, 5.41) is 4.62. The van der Waals surface area contributed by atoms with Crippen LogP contribution in [-0.2, 0) is 13.6 Å². The van der Waals surface area contributed by atoms with Gasteiger partial charge < -0.3 is 5.73 Å². The minimum absolute atomic E-state index is 0.0381. The van der Waals surface area contributed by atoms with Gasteiger partial charge in [-0.05, 0) is 18.8 Å². The summed E-state index contributed by atoms with van der Waals surface area (Å²) >= 11 is 0. The van der Waals surface area contributed by atoms with Crippen LogP contribution in [-0.4, -0.2) is 25.4 Å². The Morgan fingerprint density at radius 1 is 1.47 bits per heavy atom. The lowest BCUT2D eigenvalue weighted by molar-refractivity contribution is 0.382. The number of nitrogens with zero attached hydrogens (tertiary/aromatic N) is 4. The molecule has 1 unspecified atom stereocenters. The summed E-state index contributed by atoms with van der Waals surface area (Å²) in [7, 11) is 1.78. The quantitative estimate of drug-likeness (QED) is 0.879. The summed E-state index contributed by atoms with van der Waals surface area (Å²) < 4.78 is 3.23. The van der Waals surface area contributed by atoms with Crippen LogP contribution in [0.1, 0.15) is 25.7 Å². The lowest BCUT2D eigenvalue weighted by Gasteiger charge is -2.19. The van der Waals surface area contributed by atoms with Gasteiger partial charge in [0, 0.05) is 19.6 Å². The minimum atomic E-state index is -0.0495. The molecule has 1 fully saturated rings. The van der Waals surface area contributed by atoms with Crippen molar-refractivity contribution in [3.05, 3.63) is 22.9 Å². The molecule has 0 aromatic carbocycles. The van der Waals surface area contributed by atoms with Gasteiger partial charge in [0.05, 0.1) is 6.20 Å². The fourth-order valence-corrected chi connectivity index (χ4v) is 2.96. The van der Waals surface area contributed by atoms with Crippen LogP contribution in [0, 0.1) is 5.92 Å². The first-order valence-electron chi connectivity index (χ1n) is 6.79. The number of nitrogens with two attached hydrogens (primary N) is 1. The molecule has 6 heteroatoms. The highest BCUT2D eigenvalue weighted by atomic mass is 16.1.